The molecule has 0 N–H and O–H groups in total. The standard InChI is InChI=1S/C12H12FNO2/c1-16-8-7-14-6-5-9-10(12(14)15)3-2-4-11(9)13/h2-6H,7-8H2,1H3. The Hall–Kier alpha value is -1.68. The first-order chi connectivity index (χ1) is 7.74. The van der Waals surface area contributed by atoms with Gasteiger partial charge in [-0.1, -0.05) is 6.07 Å². The average Bonchev–Trinajstić information content (AvgIpc) is 2.29. The maximum absolute atomic E-state index is 13.4. The highest BCUT2D eigenvalue weighted by molar-refractivity contribution is 5.81. The van der Waals surface area contributed by atoms with Crippen LogP contribution in [0.4, 0.5) is 4.39 Å². The summed E-state index contributed by atoms with van der Waals surface area (Å²) >= 11 is 0. The van der Waals surface area contributed by atoms with Crippen molar-refractivity contribution in [2.75, 3.05) is 13.7 Å². The zero-order valence-corrected chi connectivity index (χ0v) is 8.94. The molecule has 3 nitrogen and oxygen atoms in total. The Morgan fingerprint density at radius 3 is 2.88 bits per heavy atom. The van der Waals surface area contributed by atoms with Crippen molar-refractivity contribution >= 4 is 10.8 Å². The van der Waals surface area contributed by atoms with Crippen LogP contribution in [-0.2, 0) is 11.3 Å². The Balaban J connectivity index is 2.57. The van der Waals surface area contributed by atoms with E-state index in [2.05, 4.69) is 0 Å². The second-order valence-corrected chi connectivity index (χ2v) is 3.51. The number of nitrogens with zero attached hydrogens (tertiary/aromatic N) is 1. The van der Waals surface area contributed by atoms with Gasteiger partial charge in [0.1, 0.15) is 5.82 Å². The SMILES string of the molecule is COCCn1ccc2c(F)cccc2c1=O. The molecule has 4 heteroatoms. The van der Waals surface area contributed by atoms with Gasteiger partial charge in [-0.2, -0.15) is 0 Å². The van der Waals surface area contributed by atoms with E-state index in [-0.39, 0.29) is 11.4 Å². The zero-order chi connectivity index (χ0) is 11.5. The molecule has 0 saturated carbocycles. The Morgan fingerprint density at radius 1 is 1.31 bits per heavy atom. The van der Waals surface area contributed by atoms with Gasteiger partial charge in [0.2, 0.25) is 0 Å². The van der Waals surface area contributed by atoms with Crippen molar-refractivity contribution in [3.8, 4) is 0 Å². The molecular weight excluding hydrogens is 209 g/mol. The number of hydrogen-bond donors (Lipinski definition) is 0. The van der Waals surface area contributed by atoms with Crippen LogP contribution in [0.3, 0.4) is 0 Å². The first kappa shape index (κ1) is 10.8. The maximum atomic E-state index is 13.4. The molecule has 16 heavy (non-hydrogen) atoms. The van der Waals surface area contributed by atoms with Gasteiger partial charge in [-0.25, -0.2) is 4.39 Å². The lowest BCUT2D eigenvalue weighted by molar-refractivity contribution is 0.186. The highest BCUT2D eigenvalue weighted by atomic mass is 19.1. The number of methoxy groups -OCH3 is 1. The van der Waals surface area contributed by atoms with Crippen LogP contribution in [0.2, 0.25) is 0 Å². The van der Waals surface area contributed by atoms with Crippen LogP contribution in [0.5, 0.6) is 0 Å². The summed E-state index contributed by atoms with van der Waals surface area (Å²) in [6.07, 6.45) is 1.59. The van der Waals surface area contributed by atoms with Gasteiger partial charge < -0.3 is 9.30 Å². The predicted molar refractivity (Wildman–Crippen MR) is 60.0 cm³/mol. The Labute approximate surface area is 92.1 Å². The molecule has 0 spiro atoms. The van der Waals surface area contributed by atoms with Crippen LogP contribution in [-0.4, -0.2) is 18.3 Å². The number of hydrogen-bond acceptors (Lipinski definition) is 2. The molecule has 0 radical (unpaired) electrons. The lowest BCUT2D eigenvalue weighted by Crippen LogP contribution is -2.21. The second kappa shape index (κ2) is 4.45. The van der Waals surface area contributed by atoms with Crippen molar-refractivity contribution in [1.82, 2.24) is 4.57 Å². The molecule has 2 rings (SSSR count). The van der Waals surface area contributed by atoms with Gasteiger partial charge in [0.25, 0.3) is 5.56 Å². The smallest absolute Gasteiger partial charge is 0.258 e. The molecule has 0 aliphatic rings. The molecule has 0 unspecified atom stereocenters. The number of ether oxygens (including phenoxy) is 1. The van der Waals surface area contributed by atoms with Gasteiger partial charge in [-0.15, -0.1) is 0 Å². The fourth-order valence-corrected chi connectivity index (χ4v) is 1.65. The molecule has 0 aliphatic carbocycles. The van der Waals surface area contributed by atoms with Gasteiger partial charge in [-0.05, 0) is 18.2 Å². The van der Waals surface area contributed by atoms with Crippen molar-refractivity contribution in [2.24, 2.45) is 0 Å². The molecule has 0 saturated heterocycles. The summed E-state index contributed by atoms with van der Waals surface area (Å²) in [4.78, 5) is 11.9. The first-order valence-electron chi connectivity index (χ1n) is 5.00. The minimum atomic E-state index is -0.367. The van der Waals surface area contributed by atoms with Crippen molar-refractivity contribution in [2.45, 2.75) is 6.54 Å². The van der Waals surface area contributed by atoms with Gasteiger partial charge >= 0.3 is 0 Å². The fourth-order valence-electron chi connectivity index (χ4n) is 1.65. The Kier molecular flexibility index (Phi) is 3.01. The van der Waals surface area contributed by atoms with Crippen molar-refractivity contribution in [3.05, 3.63) is 46.6 Å². The van der Waals surface area contributed by atoms with Gasteiger partial charge in [0.15, 0.2) is 0 Å². The number of rotatable bonds is 3. The van der Waals surface area contributed by atoms with Crippen molar-refractivity contribution < 1.29 is 9.13 Å². The molecule has 2 aromatic rings. The fraction of sp³-hybridized carbons (Fsp3) is 0.250. The van der Waals surface area contributed by atoms with Gasteiger partial charge in [-0.3, -0.25) is 4.79 Å². The van der Waals surface area contributed by atoms with Crippen LogP contribution >= 0.6 is 0 Å². The first-order valence-corrected chi connectivity index (χ1v) is 5.00. The average molecular weight is 221 g/mol. The normalized spacial score (nSPS) is 10.9. The summed E-state index contributed by atoms with van der Waals surface area (Å²) in [5.74, 6) is -0.367. The van der Waals surface area contributed by atoms with E-state index in [1.165, 1.54) is 10.6 Å². The summed E-state index contributed by atoms with van der Waals surface area (Å²) in [6.45, 7) is 0.933. The van der Waals surface area contributed by atoms with Crippen LogP contribution in [0.1, 0.15) is 0 Å². The maximum Gasteiger partial charge on any atom is 0.258 e. The summed E-state index contributed by atoms with van der Waals surface area (Å²) in [6, 6.07) is 6.13. The molecule has 1 aromatic heterocycles. The highest BCUT2D eigenvalue weighted by Crippen LogP contribution is 2.13. The molecular formula is C12H12FNO2. The lowest BCUT2D eigenvalue weighted by Gasteiger charge is -2.06. The van der Waals surface area contributed by atoms with E-state index in [4.69, 9.17) is 4.74 Å². The quantitative estimate of drug-likeness (QED) is 0.791. The van der Waals surface area contributed by atoms with Crippen LogP contribution in [0, 0.1) is 5.82 Å². The van der Waals surface area contributed by atoms with E-state index in [0.29, 0.717) is 23.9 Å². The van der Waals surface area contributed by atoms with E-state index < -0.39 is 0 Å². The summed E-state index contributed by atoms with van der Waals surface area (Å²) in [7, 11) is 1.58. The van der Waals surface area contributed by atoms with E-state index in [9.17, 15) is 9.18 Å². The summed E-state index contributed by atoms with van der Waals surface area (Å²) < 4.78 is 19.8. The Bertz CT molecular complexity index is 562. The zero-order valence-electron chi connectivity index (χ0n) is 8.94. The van der Waals surface area contributed by atoms with E-state index in [0.717, 1.165) is 0 Å². The molecule has 1 aromatic carbocycles. The van der Waals surface area contributed by atoms with Crippen molar-refractivity contribution in [3.63, 3.8) is 0 Å². The summed E-state index contributed by atoms with van der Waals surface area (Å²) in [5.41, 5.74) is -0.186. The number of fused-ring (bicyclic) bond motifs is 1. The molecule has 0 atom stereocenters. The highest BCUT2D eigenvalue weighted by Gasteiger charge is 2.05. The molecule has 1 heterocycles. The number of halogens is 1. The predicted octanol–water partition coefficient (Wildman–Crippen LogP) is 1.79. The van der Waals surface area contributed by atoms with Gasteiger partial charge in [0.05, 0.1) is 12.0 Å². The number of benzene rings is 1. The third-order valence-corrected chi connectivity index (χ3v) is 2.50. The number of pyridine rings is 1. The second-order valence-electron chi connectivity index (χ2n) is 3.51. The van der Waals surface area contributed by atoms with E-state index in [1.807, 2.05) is 0 Å². The monoisotopic (exact) mass is 221 g/mol. The minimum absolute atomic E-state index is 0.186. The molecule has 0 bridgehead atoms. The van der Waals surface area contributed by atoms with Crippen molar-refractivity contribution in [1.29, 1.82) is 0 Å². The lowest BCUT2D eigenvalue weighted by atomic mass is 10.1. The third-order valence-electron chi connectivity index (χ3n) is 2.50. The third kappa shape index (κ3) is 1.84. The van der Waals surface area contributed by atoms with Crippen LogP contribution in [0.25, 0.3) is 10.8 Å². The van der Waals surface area contributed by atoms with Gasteiger partial charge in [0, 0.05) is 25.2 Å². The summed E-state index contributed by atoms with van der Waals surface area (Å²) in [5, 5.41) is 0.764. The molecule has 0 amide bonds. The molecule has 0 aliphatic heterocycles. The topological polar surface area (TPSA) is 31.2 Å². The molecule has 0 fully saturated rings. The van der Waals surface area contributed by atoms with E-state index in [1.54, 1.807) is 31.5 Å². The Morgan fingerprint density at radius 2 is 2.12 bits per heavy atom. The number of aromatic nitrogens is 1. The van der Waals surface area contributed by atoms with E-state index >= 15 is 0 Å². The largest absolute Gasteiger partial charge is 0.383 e. The van der Waals surface area contributed by atoms with Crippen LogP contribution < -0.4 is 5.56 Å². The van der Waals surface area contributed by atoms with Crippen LogP contribution in [0.15, 0.2) is 35.3 Å². The minimum Gasteiger partial charge on any atom is -0.383 e. The molecule has 84 valence electrons.